The van der Waals surface area contributed by atoms with Crippen LogP contribution in [-0.4, -0.2) is 23.4 Å². The number of carbonyl (C=O) groups excluding carboxylic acids is 2. The van der Waals surface area contributed by atoms with E-state index in [2.05, 4.69) is 0 Å². The van der Waals surface area contributed by atoms with Gasteiger partial charge in [0.1, 0.15) is 17.6 Å². The fourth-order valence-corrected chi connectivity index (χ4v) is 4.37. The molecule has 1 unspecified atom stereocenters. The smallest absolute Gasteiger partial charge is 0.300 e. The van der Waals surface area contributed by atoms with Gasteiger partial charge in [0.25, 0.3) is 11.7 Å². The number of thiophene rings is 1. The van der Waals surface area contributed by atoms with E-state index in [1.54, 1.807) is 48.5 Å². The summed E-state index contributed by atoms with van der Waals surface area (Å²) in [7, 11) is 0. The van der Waals surface area contributed by atoms with Crippen molar-refractivity contribution < 1.29 is 19.4 Å². The quantitative estimate of drug-likeness (QED) is 0.362. The van der Waals surface area contributed by atoms with Crippen molar-refractivity contribution in [2.45, 2.75) is 13.0 Å². The summed E-state index contributed by atoms with van der Waals surface area (Å²) >= 11 is 1.39. The molecule has 1 fully saturated rings. The second-order valence-electron chi connectivity index (χ2n) is 6.80. The van der Waals surface area contributed by atoms with Gasteiger partial charge in [-0.2, -0.15) is 5.26 Å². The summed E-state index contributed by atoms with van der Waals surface area (Å²) in [5.41, 5.74) is 1.37. The summed E-state index contributed by atoms with van der Waals surface area (Å²) in [5.74, 6) is -1.08. The molecule has 1 N–H and O–H groups in total. The Balaban J connectivity index is 1.84. The van der Waals surface area contributed by atoms with E-state index in [1.165, 1.54) is 16.2 Å². The Kier molecular flexibility index (Phi) is 5.56. The van der Waals surface area contributed by atoms with Gasteiger partial charge in [-0.05, 0) is 66.9 Å². The van der Waals surface area contributed by atoms with E-state index in [0.717, 1.165) is 4.88 Å². The number of nitriles is 1. The molecule has 1 atom stereocenters. The summed E-state index contributed by atoms with van der Waals surface area (Å²) in [6.07, 6.45) is 0. The molecule has 0 radical (unpaired) electrons. The van der Waals surface area contributed by atoms with Crippen molar-refractivity contribution in [2.24, 2.45) is 0 Å². The molecule has 0 aliphatic carbocycles. The Morgan fingerprint density at radius 1 is 1.13 bits per heavy atom. The number of hydrogen-bond acceptors (Lipinski definition) is 6. The van der Waals surface area contributed by atoms with Gasteiger partial charge in [-0.15, -0.1) is 11.3 Å². The molecule has 7 heteroatoms. The molecule has 4 rings (SSSR count). The number of hydrogen-bond donors (Lipinski definition) is 1. The Hall–Kier alpha value is -3.89. The maximum absolute atomic E-state index is 13.0. The lowest BCUT2D eigenvalue weighted by atomic mass is 9.99. The summed E-state index contributed by atoms with van der Waals surface area (Å²) in [6.45, 7) is 2.39. The third kappa shape index (κ3) is 3.69. The van der Waals surface area contributed by atoms with Crippen molar-refractivity contribution in [3.05, 3.63) is 87.6 Å². The first-order valence-electron chi connectivity index (χ1n) is 9.63. The van der Waals surface area contributed by atoms with Crippen LogP contribution in [0.4, 0.5) is 5.69 Å². The number of aliphatic hydroxyl groups excluding tert-OH is 1. The summed E-state index contributed by atoms with van der Waals surface area (Å²) in [6, 6.07) is 18.1. The highest BCUT2D eigenvalue weighted by atomic mass is 32.1. The fourth-order valence-electron chi connectivity index (χ4n) is 3.54. The molecule has 154 valence electrons. The van der Waals surface area contributed by atoms with E-state index in [4.69, 9.17) is 10.00 Å². The van der Waals surface area contributed by atoms with Gasteiger partial charge in [0.15, 0.2) is 0 Å². The first kappa shape index (κ1) is 20.4. The lowest BCUT2D eigenvalue weighted by Crippen LogP contribution is -2.29. The number of rotatable bonds is 5. The lowest BCUT2D eigenvalue weighted by molar-refractivity contribution is -0.132. The fraction of sp³-hybridized carbons (Fsp3) is 0.125. The molecule has 1 amide bonds. The number of benzene rings is 2. The van der Waals surface area contributed by atoms with Crippen molar-refractivity contribution >= 4 is 34.5 Å². The van der Waals surface area contributed by atoms with Crippen molar-refractivity contribution in [1.82, 2.24) is 0 Å². The van der Waals surface area contributed by atoms with Gasteiger partial charge in [0.2, 0.25) is 0 Å². The third-order valence-electron chi connectivity index (χ3n) is 4.97. The number of carbonyl (C=O) groups is 2. The molecule has 2 aromatic carbocycles. The van der Waals surface area contributed by atoms with Crippen LogP contribution in [0.15, 0.2) is 71.6 Å². The summed E-state index contributed by atoms with van der Waals surface area (Å²) in [5, 5.41) is 22.0. The topological polar surface area (TPSA) is 90.6 Å². The molecule has 1 saturated heterocycles. The Morgan fingerprint density at radius 2 is 1.84 bits per heavy atom. The van der Waals surface area contributed by atoms with Crippen LogP contribution in [0.25, 0.3) is 5.76 Å². The predicted octanol–water partition coefficient (Wildman–Crippen LogP) is 4.64. The number of amides is 1. The number of aliphatic hydroxyl groups is 1. The number of Topliss-reactive ketones (excluding diaryl/α,β-unsaturated/α-hetero) is 1. The minimum Gasteiger partial charge on any atom is -0.507 e. The number of anilines is 1. The van der Waals surface area contributed by atoms with Gasteiger partial charge in [-0.3, -0.25) is 14.5 Å². The molecule has 1 aliphatic heterocycles. The second-order valence-corrected chi connectivity index (χ2v) is 7.78. The van der Waals surface area contributed by atoms with Gasteiger partial charge in [-0.25, -0.2) is 0 Å². The van der Waals surface area contributed by atoms with Gasteiger partial charge in [0.05, 0.1) is 23.8 Å². The molecule has 0 bridgehead atoms. The van der Waals surface area contributed by atoms with Crippen LogP contribution < -0.4 is 9.64 Å². The SMILES string of the molecule is CCOc1ccc(/C(O)=C2/C(=O)C(=O)N(c3ccc(C#N)cc3)C2c2cccs2)cc1. The van der Waals surface area contributed by atoms with Crippen LogP contribution in [0.2, 0.25) is 0 Å². The van der Waals surface area contributed by atoms with Crippen LogP contribution in [0, 0.1) is 11.3 Å². The van der Waals surface area contributed by atoms with Gasteiger partial charge >= 0.3 is 0 Å². The lowest BCUT2D eigenvalue weighted by Gasteiger charge is -2.24. The molecule has 1 aliphatic rings. The van der Waals surface area contributed by atoms with Gasteiger partial charge < -0.3 is 9.84 Å². The number of nitrogens with zero attached hydrogens (tertiary/aromatic N) is 2. The van der Waals surface area contributed by atoms with Crippen molar-refractivity contribution in [2.75, 3.05) is 11.5 Å². The standard InChI is InChI=1S/C24H18N2O4S/c1-2-30-18-11-7-16(8-12-18)22(27)20-21(19-4-3-13-31-19)26(24(29)23(20)28)17-9-5-15(14-25)6-10-17/h3-13,21,27H,2H2,1H3/b22-20-. The Morgan fingerprint density at radius 3 is 2.42 bits per heavy atom. The van der Waals surface area contributed by atoms with Crippen LogP contribution in [0.5, 0.6) is 5.75 Å². The van der Waals surface area contributed by atoms with E-state index in [1.807, 2.05) is 30.5 Å². The molecule has 31 heavy (non-hydrogen) atoms. The first-order chi connectivity index (χ1) is 15.0. The molecule has 0 saturated carbocycles. The molecule has 6 nitrogen and oxygen atoms in total. The highest BCUT2D eigenvalue weighted by Crippen LogP contribution is 2.43. The second kappa shape index (κ2) is 8.46. The van der Waals surface area contributed by atoms with E-state index < -0.39 is 17.7 Å². The van der Waals surface area contributed by atoms with Crippen molar-refractivity contribution in [3.63, 3.8) is 0 Å². The normalized spacial score (nSPS) is 17.5. The highest BCUT2D eigenvalue weighted by molar-refractivity contribution is 7.10. The maximum Gasteiger partial charge on any atom is 0.300 e. The minimum absolute atomic E-state index is 0.0287. The third-order valence-corrected chi connectivity index (χ3v) is 5.90. The van der Waals surface area contributed by atoms with Gasteiger partial charge in [-0.1, -0.05) is 6.07 Å². The summed E-state index contributed by atoms with van der Waals surface area (Å²) in [4.78, 5) is 28.1. The average molecular weight is 430 g/mol. The van der Waals surface area contributed by atoms with Crippen LogP contribution >= 0.6 is 11.3 Å². The van der Waals surface area contributed by atoms with E-state index in [0.29, 0.717) is 29.2 Å². The molecule has 2 heterocycles. The van der Waals surface area contributed by atoms with Crippen LogP contribution in [-0.2, 0) is 9.59 Å². The molecular weight excluding hydrogens is 412 g/mol. The zero-order valence-corrected chi connectivity index (χ0v) is 17.4. The minimum atomic E-state index is -0.764. The molecular formula is C24H18N2O4S. The molecule has 1 aromatic heterocycles. The Labute approximate surface area is 183 Å². The van der Waals surface area contributed by atoms with Gasteiger partial charge in [0, 0.05) is 16.1 Å². The van der Waals surface area contributed by atoms with E-state index in [-0.39, 0.29) is 11.3 Å². The largest absolute Gasteiger partial charge is 0.507 e. The number of ketones is 1. The molecule has 3 aromatic rings. The predicted molar refractivity (Wildman–Crippen MR) is 118 cm³/mol. The zero-order chi connectivity index (χ0) is 22.0. The average Bonchev–Trinajstić information content (AvgIpc) is 3.41. The highest BCUT2D eigenvalue weighted by Gasteiger charge is 2.47. The monoisotopic (exact) mass is 430 g/mol. The first-order valence-corrected chi connectivity index (χ1v) is 10.5. The van der Waals surface area contributed by atoms with Crippen molar-refractivity contribution in [3.8, 4) is 11.8 Å². The molecule has 0 spiro atoms. The van der Waals surface area contributed by atoms with E-state index >= 15 is 0 Å². The zero-order valence-electron chi connectivity index (χ0n) is 16.6. The number of ether oxygens (including phenoxy) is 1. The maximum atomic E-state index is 13.0. The Bertz CT molecular complexity index is 1190. The van der Waals surface area contributed by atoms with Crippen LogP contribution in [0.1, 0.15) is 29.0 Å². The van der Waals surface area contributed by atoms with Crippen molar-refractivity contribution in [1.29, 1.82) is 5.26 Å². The van der Waals surface area contributed by atoms with E-state index in [9.17, 15) is 14.7 Å². The summed E-state index contributed by atoms with van der Waals surface area (Å²) < 4.78 is 5.43. The van der Waals surface area contributed by atoms with Crippen LogP contribution in [0.3, 0.4) is 0 Å².